The standard InChI is InChI=1S/C14H15ClN2O4/c1-8-9(3-2-4-10(8)15)14(21)17-6-5-16-13(20)11(17)7-12(18)19/h2-4,11H,5-7H2,1H3,(H,16,20)(H,18,19). The smallest absolute Gasteiger partial charge is 0.305 e. The molecule has 1 aliphatic rings. The number of hydrogen-bond acceptors (Lipinski definition) is 3. The SMILES string of the molecule is Cc1c(Cl)cccc1C(=O)N1CCNC(=O)C1CC(=O)O. The summed E-state index contributed by atoms with van der Waals surface area (Å²) in [6.07, 6.45) is -0.419. The lowest BCUT2D eigenvalue weighted by atomic mass is 10.0. The van der Waals surface area contributed by atoms with E-state index in [1.54, 1.807) is 25.1 Å². The number of piperazine rings is 1. The lowest BCUT2D eigenvalue weighted by Gasteiger charge is -2.34. The van der Waals surface area contributed by atoms with Gasteiger partial charge in [-0.1, -0.05) is 17.7 Å². The van der Waals surface area contributed by atoms with Crippen molar-refractivity contribution < 1.29 is 19.5 Å². The highest BCUT2D eigenvalue weighted by Gasteiger charge is 2.35. The second kappa shape index (κ2) is 6.13. The molecule has 0 saturated carbocycles. The summed E-state index contributed by atoms with van der Waals surface area (Å²) >= 11 is 6.00. The van der Waals surface area contributed by atoms with Crippen LogP contribution in [-0.4, -0.2) is 46.9 Å². The van der Waals surface area contributed by atoms with Gasteiger partial charge in [0.05, 0.1) is 6.42 Å². The van der Waals surface area contributed by atoms with Crippen molar-refractivity contribution in [1.29, 1.82) is 0 Å². The van der Waals surface area contributed by atoms with Gasteiger partial charge in [0.15, 0.2) is 0 Å². The number of halogens is 1. The fourth-order valence-corrected chi connectivity index (χ4v) is 2.49. The van der Waals surface area contributed by atoms with Crippen molar-refractivity contribution in [2.75, 3.05) is 13.1 Å². The Labute approximate surface area is 126 Å². The van der Waals surface area contributed by atoms with E-state index in [9.17, 15) is 14.4 Å². The number of carboxylic acid groups (broad SMARTS) is 1. The first-order chi connectivity index (χ1) is 9.91. The highest BCUT2D eigenvalue weighted by molar-refractivity contribution is 6.31. The normalized spacial score (nSPS) is 18.3. The highest BCUT2D eigenvalue weighted by Crippen LogP contribution is 2.22. The molecule has 21 heavy (non-hydrogen) atoms. The van der Waals surface area contributed by atoms with Gasteiger partial charge in [0.25, 0.3) is 5.91 Å². The molecule has 7 heteroatoms. The summed E-state index contributed by atoms with van der Waals surface area (Å²) in [5.74, 6) is -1.95. The van der Waals surface area contributed by atoms with Crippen LogP contribution in [0.1, 0.15) is 22.3 Å². The van der Waals surface area contributed by atoms with Crippen molar-refractivity contribution in [3.8, 4) is 0 Å². The molecule has 0 radical (unpaired) electrons. The Balaban J connectivity index is 2.32. The monoisotopic (exact) mass is 310 g/mol. The zero-order chi connectivity index (χ0) is 15.6. The fraction of sp³-hybridized carbons (Fsp3) is 0.357. The van der Waals surface area contributed by atoms with Crippen LogP contribution in [0, 0.1) is 6.92 Å². The first kappa shape index (κ1) is 15.3. The number of amides is 2. The molecule has 2 amide bonds. The maximum atomic E-state index is 12.6. The van der Waals surface area contributed by atoms with Gasteiger partial charge in [0.2, 0.25) is 5.91 Å². The molecule has 0 aliphatic carbocycles. The Bertz CT molecular complexity index is 603. The summed E-state index contributed by atoms with van der Waals surface area (Å²) in [4.78, 5) is 36.6. The molecular weight excluding hydrogens is 296 g/mol. The summed E-state index contributed by atoms with van der Waals surface area (Å²) in [6.45, 7) is 2.29. The fourth-order valence-electron chi connectivity index (χ4n) is 2.32. The number of nitrogens with zero attached hydrogens (tertiary/aromatic N) is 1. The minimum absolute atomic E-state index is 0.272. The second-order valence-corrected chi connectivity index (χ2v) is 5.22. The van der Waals surface area contributed by atoms with Crippen LogP contribution < -0.4 is 5.32 Å². The summed E-state index contributed by atoms with van der Waals surface area (Å²) in [5.41, 5.74) is 0.997. The van der Waals surface area contributed by atoms with Crippen LogP contribution in [0.2, 0.25) is 5.02 Å². The van der Waals surface area contributed by atoms with Gasteiger partial charge in [-0.25, -0.2) is 0 Å². The molecule has 1 heterocycles. The van der Waals surface area contributed by atoms with Gasteiger partial charge < -0.3 is 15.3 Å². The third kappa shape index (κ3) is 3.16. The molecule has 2 rings (SSSR count). The third-order valence-corrected chi connectivity index (χ3v) is 3.87. The Morgan fingerprint density at radius 1 is 1.48 bits per heavy atom. The Kier molecular flexibility index (Phi) is 4.47. The Morgan fingerprint density at radius 2 is 2.19 bits per heavy atom. The molecule has 2 N–H and O–H groups in total. The molecule has 1 saturated heterocycles. The van der Waals surface area contributed by atoms with Gasteiger partial charge in [0, 0.05) is 23.7 Å². The van der Waals surface area contributed by atoms with Crippen LogP contribution in [0.4, 0.5) is 0 Å². The summed E-state index contributed by atoms with van der Waals surface area (Å²) < 4.78 is 0. The van der Waals surface area contributed by atoms with E-state index in [0.29, 0.717) is 22.7 Å². The second-order valence-electron chi connectivity index (χ2n) is 4.82. The molecule has 0 aromatic heterocycles. The number of nitrogens with one attached hydrogen (secondary N) is 1. The van der Waals surface area contributed by atoms with Gasteiger partial charge >= 0.3 is 5.97 Å². The van der Waals surface area contributed by atoms with E-state index in [4.69, 9.17) is 16.7 Å². The van der Waals surface area contributed by atoms with E-state index in [-0.39, 0.29) is 12.5 Å². The molecule has 1 aliphatic heterocycles. The highest BCUT2D eigenvalue weighted by atomic mass is 35.5. The van der Waals surface area contributed by atoms with E-state index in [0.717, 1.165) is 0 Å². The van der Waals surface area contributed by atoms with Crippen LogP contribution in [0.25, 0.3) is 0 Å². The van der Waals surface area contributed by atoms with Crippen molar-refractivity contribution >= 4 is 29.4 Å². The molecule has 1 aromatic carbocycles. The number of carbonyl (C=O) groups excluding carboxylic acids is 2. The van der Waals surface area contributed by atoms with Crippen molar-refractivity contribution in [2.24, 2.45) is 0 Å². The first-order valence-electron chi connectivity index (χ1n) is 6.47. The lowest BCUT2D eigenvalue weighted by Crippen LogP contribution is -2.57. The maximum Gasteiger partial charge on any atom is 0.305 e. The zero-order valence-corrected chi connectivity index (χ0v) is 12.2. The van der Waals surface area contributed by atoms with Crippen molar-refractivity contribution in [3.05, 3.63) is 34.3 Å². The van der Waals surface area contributed by atoms with Gasteiger partial charge in [-0.15, -0.1) is 0 Å². The lowest BCUT2D eigenvalue weighted by molar-refractivity contribution is -0.142. The van der Waals surface area contributed by atoms with E-state index in [2.05, 4.69) is 5.32 Å². The van der Waals surface area contributed by atoms with Gasteiger partial charge in [-0.05, 0) is 24.6 Å². The topological polar surface area (TPSA) is 86.7 Å². The number of benzene rings is 1. The van der Waals surface area contributed by atoms with E-state index in [1.807, 2.05) is 0 Å². The largest absolute Gasteiger partial charge is 0.481 e. The van der Waals surface area contributed by atoms with Gasteiger partial charge in [0.1, 0.15) is 6.04 Å². The summed E-state index contributed by atoms with van der Waals surface area (Å²) in [5, 5.41) is 11.9. The van der Waals surface area contributed by atoms with Crippen molar-refractivity contribution in [1.82, 2.24) is 10.2 Å². The molecular formula is C14H15ClN2O4. The van der Waals surface area contributed by atoms with Crippen LogP contribution in [-0.2, 0) is 9.59 Å². The molecule has 0 spiro atoms. The third-order valence-electron chi connectivity index (χ3n) is 3.46. The van der Waals surface area contributed by atoms with Gasteiger partial charge in [-0.2, -0.15) is 0 Å². The molecule has 0 bridgehead atoms. The molecule has 112 valence electrons. The summed E-state index contributed by atoms with van der Waals surface area (Å²) in [6, 6.07) is 3.94. The van der Waals surface area contributed by atoms with Crippen LogP contribution >= 0.6 is 11.6 Å². The maximum absolute atomic E-state index is 12.6. The molecule has 1 atom stereocenters. The molecule has 6 nitrogen and oxygen atoms in total. The molecule has 1 fully saturated rings. The molecule has 1 unspecified atom stereocenters. The number of hydrogen-bond donors (Lipinski definition) is 2. The van der Waals surface area contributed by atoms with Gasteiger partial charge in [-0.3, -0.25) is 14.4 Å². The van der Waals surface area contributed by atoms with Crippen molar-refractivity contribution in [3.63, 3.8) is 0 Å². The van der Waals surface area contributed by atoms with Crippen LogP contribution in [0.15, 0.2) is 18.2 Å². The predicted octanol–water partition coefficient (Wildman–Crippen LogP) is 1.06. The zero-order valence-electron chi connectivity index (χ0n) is 11.4. The minimum atomic E-state index is -1.13. The predicted molar refractivity (Wildman–Crippen MR) is 76.3 cm³/mol. The van der Waals surface area contributed by atoms with Crippen molar-refractivity contribution in [2.45, 2.75) is 19.4 Å². The van der Waals surface area contributed by atoms with Crippen LogP contribution in [0.3, 0.4) is 0 Å². The number of carboxylic acids is 1. The Hall–Kier alpha value is -2.08. The average molecular weight is 311 g/mol. The average Bonchev–Trinajstić information content (AvgIpc) is 2.43. The van der Waals surface area contributed by atoms with E-state index < -0.39 is 24.3 Å². The summed E-state index contributed by atoms with van der Waals surface area (Å²) in [7, 11) is 0. The number of carbonyl (C=O) groups is 3. The van der Waals surface area contributed by atoms with Crippen LogP contribution in [0.5, 0.6) is 0 Å². The first-order valence-corrected chi connectivity index (χ1v) is 6.85. The Morgan fingerprint density at radius 3 is 2.86 bits per heavy atom. The molecule has 1 aromatic rings. The number of aliphatic carboxylic acids is 1. The number of rotatable bonds is 3. The minimum Gasteiger partial charge on any atom is -0.481 e. The quantitative estimate of drug-likeness (QED) is 0.874. The van der Waals surface area contributed by atoms with E-state index in [1.165, 1.54) is 4.90 Å². The van der Waals surface area contributed by atoms with E-state index >= 15 is 0 Å².